The largest absolute Gasteiger partial charge is 0.396 e. The van der Waals surface area contributed by atoms with Gasteiger partial charge in [-0.3, -0.25) is 0 Å². The van der Waals surface area contributed by atoms with Gasteiger partial charge in [0.2, 0.25) is 0 Å². The molecule has 0 unspecified atom stereocenters. The van der Waals surface area contributed by atoms with Crippen LogP contribution in [0.25, 0.3) is 22.2 Å². The zero-order chi connectivity index (χ0) is 13.2. The highest BCUT2D eigenvalue weighted by Crippen LogP contribution is 2.30. The number of H-pyrrole nitrogens is 1. The molecule has 0 radical (unpaired) electrons. The molecule has 96 valence electrons. The van der Waals surface area contributed by atoms with Crippen molar-refractivity contribution in [3.8, 4) is 11.3 Å². The van der Waals surface area contributed by atoms with Gasteiger partial charge in [-0.1, -0.05) is 42.0 Å². The summed E-state index contributed by atoms with van der Waals surface area (Å²) >= 11 is 0. The van der Waals surface area contributed by atoms with Crippen LogP contribution in [0.2, 0.25) is 0 Å². The molecule has 19 heavy (non-hydrogen) atoms. The molecule has 0 aliphatic carbocycles. The van der Waals surface area contributed by atoms with E-state index in [0.29, 0.717) is 6.42 Å². The maximum Gasteiger partial charge on any atom is 0.0498 e. The second-order valence-electron chi connectivity index (χ2n) is 4.87. The summed E-state index contributed by atoms with van der Waals surface area (Å²) < 4.78 is 0. The molecule has 0 fully saturated rings. The van der Waals surface area contributed by atoms with Gasteiger partial charge >= 0.3 is 0 Å². The topological polar surface area (TPSA) is 36.0 Å². The zero-order valence-corrected chi connectivity index (χ0v) is 11.0. The van der Waals surface area contributed by atoms with Crippen molar-refractivity contribution in [2.75, 3.05) is 6.61 Å². The van der Waals surface area contributed by atoms with Crippen molar-refractivity contribution in [2.24, 2.45) is 0 Å². The van der Waals surface area contributed by atoms with Crippen molar-refractivity contribution in [3.63, 3.8) is 0 Å². The number of aliphatic hydroxyl groups is 1. The van der Waals surface area contributed by atoms with E-state index in [0.717, 1.165) is 11.2 Å². The van der Waals surface area contributed by atoms with E-state index in [2.05, 4.69) is 48.3 Å². The molecule has 1 heterocycles. The van der Waals surface area contributed by atoms with Crippen molar-refractivity contribution < 1.29 is 5.11 Å². The minimum absolute atomic E-state index is 0.167. The highest BCUT2D eigenvalue weighted by molar-refractivity contribution is 5.90. The van der Waals surface area contributed by atoms with Crippen LogP contribution < -0.4 is 0 Å². The van der Waals surface area contributed by atoms with Crippen molar-refractivity contribution in [3.05, 3.63) is 59.7 Å². The standard InChI is InChI=1S/C17H17NO/c1-12-5-4-6-13(11-12)17-15(9-10-19)14-7-2-3-8-16(14)18-17/h2-8,11,18-19H,9-10H2,1H3. The number of hydrogen-bond acceptors (Lipinski definition) is 1. The second-order valence-corrected chi connectivity index (χ2v) is 4.87. The molecule has 0 saturated heterocycles. The van der Waals surface area contributed by atoms with Crippen LogP contribution in [0.3, 0.4) is 0 Å². The molecular weight excluding hydrogens is 234 g/mol. The molecule has 0 atom stereocenters. The van der Waals surface area contributed by atoms with Crippen LogP contribution in [0.15, 0.2) is 48.5 Å². The van der Waals surface area contributed by atoms with Crippen LogP contribution in [0.5, 0.6) is 0 Å². The Morgan fingerprint density at radius 3 is 2.68 bits per heavy atom. The van der Waals surface area contributed by atoms with Crippen LogP contribution in [-0.4, -0.2) is 16.7 Å². The highest BCUT2D eigenvalue weighted by Gasteiger charge is 2.12. The molecule has 3 aromatic rings. The number of para-hydroxylation sites is 1. The predicted molar refractivity (Wildman–Crippen MR) is 79.3 cm³/mol. The third kappa shape index (κ3) is 2.15. The molecule has 0 spiro atoms. The lowest BCUT2D eigenvalue weighted by Crippen LogP contribution is -1.92. The monoisotopic (exact) mass is 251 g/mol. The summed E-state index contributed by atoms with van der Waals surface area (Å²) in [5.41, 5.74) is 5.87. The fraction of sp³-hybridized carbons (Fsp3) is 0.176. The molecule has 0 aliphatic heterocycles. The van der Waals surface area contributed by atoms with Crippen molar-refractivity contribution >= 4 is 10.9 Å². The first-order chi connectivity index (χ1) is 9.29. The maximum atomic E-state index is 9.31. The van der Waals surface area contributed by atoms with Gasteiger partial charge in [0.15, 0.2) is 0 Å². The van der Waals surface area contributed by atoms with Gasteiger partial charge in [-0.25, -0.2) is 0 Å². The molecular formula is C17H17NO. The molecule has 1 aromatic heterocycles. The van der Waals surface area contributed by atoms with Gasteiger partial charge in [-0.15, -0.1) is 0 Å². The van der Waals surface area contributed by atoms with Crippen molar-refractivity contribution in [1.29, 1.82) is 0 Å². The van der Waals surface area contributed by atoms with E-state index in [1.54, 1.807) is 0 Å². The smallest absolute Gasteiger partial charge is 0.0498 e. The maximum absolute atomic E-state index is 9.31. The normalized spacial score (nSPS) is 11.1. The Morgan fingerprint density at radius 1 is 1.05 bits per heavy atom. The van der Waals surface area contributed by atoms with E-state index in [1.165, 1.54) is 22.1 Å². The van der Waals surface area contributed by atoms with E-state index in [4.69, 9.17) is 0 Å². The van der Waals surface area contributed by atoms with Crippen LogP contribution in [0.4, 0.5) is 0 Å². The van der Waals surface area contributed by atoms with E-state index >= 15 is 0 Å². The lowest BCUT2D eigenvalue weighted by Gasteiger charge is -2.04. The first-order valence-electron chi connectivity index (χ1n) is 6.57. The number of aryl methyl sites for hydroxylation is 1. The Labute approximate surface area is 112 Å². The van der Waals surface area contributed by atoms with Gasteiger partial charge in [-0.05, 0) is 36.6 Å². The van der Waals surface area contributed by atoms with Crippen LogP contribution >= 0.6 is 0 Å². The number of aromatic nitrogens is 1. The summed E-state index contributed by atoms with van der Waals surface area (Å²) in [6.45, 7) is 2.26. The Kier molecular flexibility index (Phi) is 3.10. The molecule has 2 N–H and O–H groups in total. The van der Waals surface area contributed by atoms with Crippen molar-refractivity contribution in [1.82, 2.24) is 4.98 Å². The Morgan fingerprint density at radius 2 is 1.89 bits per heavy atom. The predicted octanol–water partition coefficient (Wildman–Crippen LogP) is 3.68. The summed E-state index contributed by atoms with van der Waals surface area (Å²) in [4.78, 5) is 3.48. The van der Waals surface area contributed by atoms with Gasteiger partial charge in [0.1, 0.15) is 0 Å². The van der Waals surface area contributed by atoms with Crippen molar-refractivity contribution in [2.45, 2.75) is 13.3 Å². The third-order valence-corrected chi connectivity index (χ3v) is 3.48. The average molecular weight is 251 g/mol. The fourth-order valence-electron chi connectivity index (χ4n) is 2.62. The quantitative estimate of drug-likeness (QED) is 0.732. The van der Waals surface area contributed by atoms with E-state index in [-0.39, 0.29) is 6.61 Å². The first-order valence-corrected chi connectivity index (χ1v) is 6.57. The molecule has 2 heteroatoms. The van der Waals surface area contributed by atoms with Gasteiger partial charge in [0, 0.05) is 23.2 Å². The molecule has 2 nitrogen and oxygen atoms in total. The number of benzene rings is 2. The van der Waals surface area contributed by atoms with Gasteiger partial charge in [-0.2, -0.15) is 0 Å². The number of rotatable bonds is 3. The van der Waals surface area contributed by atoms with Crippen LogP contribution in [-0.2, 0) is 6.42 Å². The SMILES string of the molecule is Cc1cccc(-c2[nH]c3ccccc3c2CCO)c1. The summed E-state index contributed by atoms with van der Waals surface area (Å²) in [5, 5.41) is 10.5. The number of hydrogen-bond donors (Lipinski definition) is 2. The molecule has 3 rings (SSSR count). The zero-order valence-electron chi connectivity index (χ0n) is 11.0. The minimum atomic E-state index is 0.167. The van der Waals surface area contributed by atoms with E-state index in [9.17, 15) is 5.11 Å². The molecule has 0 saturated carbocycles. The molecule has 2 aromatic carbocycles. The Bertz CT molecular complexity index is 712. The summed E-state index contributed by atoms with van der Waals surface area (Å²) in [5.74, 6) is 0. The second kappa shape index (κ2) is 4.90. The lowest BCUT2D eigenvalue weighted by molar-refractivity contribution is 0.300. The van der Waals surface area contributed by atoms with Gasteiger partial charge in [0.25, 0.3) is 0 Å². The van der Waals surface area contributed by atoms with E-state index < -0.39 is 0 Å². The van der Waals surface area contributed by atoms with Crippen LogP contribution in [0, 0.1) is 6.92 Å². The Balaban J connectivity index is 2.25. The highest BCUT2D eigenvalue weighted by atomic mass is 16.2. The number of aliphatic hydroxyl groups excluding tert-OH is 1. The Hall–Kier alpha value is -2.06. The summed E-state index contributed by atoms with van der Waals surface area (Å²) in [7, 11) is 0. The minimum Gasteiger partial charge on any atom is -0.396 e. The third-order valence-electron chi connectivity index (χ3n) is 3.48. The number of nitrogens with one attached hydrogen (secondary N) is 1. The van der Waals surface area contributed by atoms with Crippen LogP contribution in [0.1, 0.15) is 11.1 Å². The van der Waals surface area contributed by atoms with E-state index in [1.807, 2.05) is 12.1 Å². The van der Waals surface area contributed by atoms with Gasteiger partial charge < -0.3 is 10.1 Å². The molecule has 0 aliphatic rings. The van der Waals surface area contributed by atoms with Gasteiger partial charge in [0.05, 0.1) is 0 Å². The lowest BCUT2D eigenvalue weighted by atomic mass is 10.0. The molecule has 0 bridgehead atoms. The first kappa shape index (κ1) is 12.0. The number of aromatic amines is 1. The number of fused-ring (bicyclic) bond motifs is 1. The summed E-state index contributed by atoms with van der Waals surface area (Å²) in [6, 6.07) is 16.7. The summed E-state index contributed by atoms with van der Waals surface area (Å²) in [6.07, 6.45) is 0.674. The molecule has 0 amide bonds. The average Bonchev–Trinajstić information content (AvgIpc) is 2.79. The fourth-order valence-corrected chi connectivity index (χ4v) is 2.62.